The Morgan fingerprint density at radius 3 is 2.48 bits per heavy atom. The molecule has 2 aromatic carbocycles. The van der Waals surface area contributed by atoms with Crippen molar-refractivity contribution in [2.45, 2.75) is 0 Å². The van der Waals surface area contributed by atoms with Gasteiger partial charge >= 0.3 is 0 Å². The number of carbonyl (C=O) groups is 1. The largest absolute Gasteiger partial charge is 0.504 e. The number of benzene rings is 2. The number of carbonyl (C=O) groups excluding carboxylic acids is 1. The molecule has 1 amide bonds. The third-order valence-electron chi connectivity index (χ3n) is 2.77. The van der Waals surface area contributed by atoms with Crippen LogP contribution < -0.4 is 15.8 Å². The van der Waals surface area contributed by atoms with Gasteiger partial charge in [-0.3, -0.25) is 4.79 Å². The molecule has 0 unspecified atom stereocenters. The van der Waals surface area contributed by atoms with Crippen LogP contribution in [0.4, 0.5) is 5.69 Å². The molecule has 0 aromatic heterocycles. The van der Waals surface area contributed by atoms with Crippen LogP contribution in [0.1, 0.15) is 10.4 Å². The van der Waals surface area contributed by atoms with Crippen molar-refractivity contribution in [3.05, 3.63) is 48.0 Å². The lowest BCUT2D eigenvalue weighted by Crippen LogP contribution is -2.28. The Balaban J connectivity index is 1.79. The zero-order valence-electron chi connectivity index (χ0n) is 11.2. The van der Waals surface area contributed by atoms with Crippen LogP contribution in [0.25, 0.3) is 0 Å². The first kappa shape index (κ1) is 14.5. The van der Waals surface area contributed by atoms with Gasteiger partial charge in [0.25, 0.3) is 5.91 Å². The summed E-state index contributed by atoms with van der Waals surface area (Å²) >= 11 is 0. The second-order valence-electron chi connectivity index (χ2n) is 4.38. The normalized spacial score (nSPS) is 10.1. The number of aromatic hydroxyl groups is 2. The average molecular weight is 288 g/mol. The van der Waals surface area contributed by atoms with Crippen LogP contribution in [-0.2, 0) is 0 Å². The summed E-state index contributed by atoms with van der Waals surface area (Å²) in [5.41, 5.74) is 6.47. The summed E-state index contributed by atoms with van der Waals surface area (Å²) in [6, 6.07) is 10.8. The third kappa shape index (κ3) is 4.04. The van der Waals surface area contributed by atoms with Gasteiger partial charge in [0.05, 0.1) is 6.54 Å². The van der Waals surface area contributed by atoms with Crippen molar-refractivity contribution in [3.63, 3.8) is 0 Å². The number of hydrogen-bond donors (Lipinski definition) is 4. The summed E-state index contributed by atoms with van der Waals surface area (Å²) in [7, 11) is 0. The van der Waals surface area contributed by atoms with Gasteiger partial charge in [0, 0.05) is 11.3 Å². The number of phenols is 2. The van der Waals surface area contributed by atoms with Crippen molar-refractivity contribution in [1.29, 1.82) is 0 Å². The predicted octanol–water partition coefficient (Wildman–Crippen LogP) is 1.49. The maximum absolute atomic E-state index is 11.8. The number of ether oxygens (including phenoxy) is 1. The van der Waals surface area contributed by atoms with Crippen molar-refractivity contribution in [2.24, 2.45) is 0 Å². The summed E-state index contributed by atoms with van der Waals surface area (Å²) in [4.78, 5) is 11.8. The molecule has 0 fully saturated rings. The summed E-state index contributed by atoms with van der Waals surface area (Å²) < 4.78 is 5.43. The number of nitrogen functional groups attached to an aromatic ring is 1. The molecule has 2 aromatic rings. The van der Waals surface area contributed by atoms with Gasteiger partial charge in [-0.15, -0.1) is 0 Å². The zero-order valence-corrected chi connectivity index (χ0v) is 11.2. The Morgan fingerprint density at radius 1 is 1.10 bits per heavy atom. The van der Waals surface area contributed by atoms with Crippen LogP contribution in [0.5, 0.6) is 17.2 Å². The molecular weight excluding hydrogens is 272 g/mol. The van der Waals surface area contributed by atoms with Gasteiger partial charge in [-0.25, -0.2) is 0 Å². The standard InChI is InChI=1S/C15H16N2O4/c16-11-2-4-12(5-3-11)21-8-7-17-15(20)10-1-6-13(18)14(19)9-10/h1-6,9,18-19H,7-8,16H2,(H,17,20). The van der Waals surface area contributed by atoms with Crippen molar-refractivity contribution in [1.82, 2.24) is 5.32 Å². The molecule has 0 heterocycles. The third-order valence-corrected chi connectivity index (χ3v) is 2.77. The molecular formula is C15H16N2O4. The highest BCUT2D eigenvalue weighted by atomic mass is 16.5. The summed E-state index contributed by atoms with van der Waals surface area (Å²) in [5, 5.41) is 21.1. The van der Waals surface area contributed by atoms with Crippen LogP contribution in [0.2, 0.25) is 0 Å². The number of anilines is 1. The van der Waals surface area contributed by atoms with E-state index in [-0.39, 0.29) is 23.0 Å². The van der Waals surface area contributed by atoms with Gasteiger partial charge in [-0.05, 0) is 42.5 Å². The van der Waals surface area contributed by atoms with Gasteiger partial charge in [0.1, 0.15) is 12.4 Å². The van der Waals surface area contributed by atoms with E-state index in [1.165, 1.54) is 18.2 Å². The van der Waals surface area contributed by atoms with Crippen LogP contribution in [0.15, 0.2) is 42.5 Å². The fraction of sp³-hybridized carbons (Fsp3) is 0.133. The van der Waals surface area contributed by atoms with Crippen molar-refractivity contribution >= 4 is 11.6 Å². The topological polar surface area (TPSA) is 105 Å². The lowest BCUT2D eigenvalue weighted by atomic mass is 10.2. The molecule has 0 aliphatic rings. The smallest absolute Gasteiger partial charge is 0.251 e. The van der Waals surface area contributed by atoms with E-state index in [1.54, 1.807) is 24.3 Å². The molecule has 6 heteroatoms. The van der Waals surface area contributed by atoms with E-state index >= 15 is 0 Å². The number of amides is 1. The van der Waals surface area contributed by atoms with Crippen LogP contribution in [0.3, 0.4) is 0 Å². The number of phenolic OH excluding ortho intramolecular Hbond substituents is 2. The van der Waals surface area contributed by atoms with Crippen molar-refractivity contribution in [2.75, 3.05) is 18.9 Å². The van der Waals surface area contributed by atoms with Crippen molar-refractivity contribution in [3.8, 4) is 17.2 Å². The fourth-order valence-electron chi connectivity index (χ4n) is 1.66. The van der Waals surface area contributed by atoms with E-state index in [4.69, 9.17) is 10.5 Å². The minimum Gasteiger partial charge on any atom is -0.504 e. The van der Waals surface area contributed by atoms with Crippen LogP contribution in [0, 0.1) is 0 Å². The lowest BCUT2D eigenvalue weighted by molar-refractivity contribution is 0.0946. The molecule has 2 rings (SSSR count). The van der Waals surface area contributed by atoms with Gasteiger partial charge in [0.15, 0.2) is 11.5 Å². The first-order valence-corrected chi connectivity index (χ1v) is 6.35. The van der Waals surface area contributed by atoms with Gasteiger partial charge in [-0.1, -0.05) is 0 Å². The van der Waals surface area contributed by atoms with E-state index in [0.29, 0.717) is 24.6 Å². The monoisotopic (exact) mass is 288 g/mol. The van der Waals surface area contributed by atoms with E-state index < -0.39 is 0 Å². The van der Waals surface area contributed by atoms with Gasteiger partial charge in [0.2, 0.25) is 0 Å². The zero-order chi connectivity index (χ0) is 15.2. The Kier molecular flexibility index (Phi) is 4.50. The minimum absolute atomic E-state index is 0.262. The fourth-order valence-corrected chi connectivity index (χ4v) is 1.66. The Morgan fingerprint density at radius 2 is 1.81 bits per heavy atom. The number of hydrogen-bond acceptors (Lipinski definition) is 5. The molecule has 0 bridgehead atoms. The summed E-state index contributed by atoms with van der Waals surface area (Å²) in [6.45, 7) is 0.616. The average Bonchev–Trinajstić information content (AvgIpc) is 2.48. The van der Waals surface area contributed by atoms with E-state index in [1.807, 2.05) is 0 Å². The Hall–Kier alpha value is -2.89. The number of nitrogens with two attached hydrogens (primary N) is 1. The van der Waals surface area contributed by atoms with Gasteiger partial charge < -0.3 is 26.0 Å². The second-order valence-corrected chi connectivity index (χ2v) is 4.38. The maximum atomic E-state index is 11.8. The number of rotatable bonds is 5. The molecule has 0 saturated heterocycles. The van der Waals surface area contributed by atoms with Gasteiger partial charge in [-0.2, -0.15) is 0 Å². The molecule has 21 heavy (non-hydrogen) atoms. The quantitative estimate of drug-likeness (QED) is 0.379. The summed E-state index contributed by atoms with van der Waals surface area (Å²) in [6.07, 6.45) is 0. The molecule has 6 nitrogen and oxygen atoms in total. The Labute approximate surface area is 121 Å². The van der Waals surface area contributed by atoms with E-state index in [9.17, 15) is 15.0 Å². The molecule has 5 N–H and O–H groups in total. The second kappa shape index (κ2) is 6.51. The lowest BCUT2D eigenvalue weighted by Gasteiger charge is -2.08. The minimum atomic E-state index is -0.355. The molecule has 0 radical (unpaired) electrons. The summed E-state index contributed by atoms with van der Waals surface area (Å²) in [5.74, 6) is -0.286. The van der Waals surface area contributed by atoms with Crippen LogP contribution in [-0.4, -0.2) is 29.3 Å². The van der Waals surface area contributed by atoms with Crippen LogP contribution >= 0.6 is 0 Å². The molecule has 0 aliphatic carbocycles. The first-order valence-electron chi connectivity index (χ1n) is 6.35. The van der Waals surface area contributed by atoms with E-state index in [0.717, 1.165) is 0 Å². The Bertz CT molecular complexity index is 626. The SMILES string of the molecule is Nc1ccc(OCCNC(=O)c2ccc(O)c(O)c2)cc1. The first-order chi connectivity index (χ1) is 10.1. The molecule has 0 spiro atoms. The predicted molar refractivity (Wildman–Crippen MR) is 78.5 cm³/mol. The number of nitrogens with one attached hydrogen (secondary N) is 1. The maximum Gasteiger partial charge on any atom is 0.251 e. The van der Waals surface area contributed by atoms with E-state index in [2.05, 4.69) is 5.32 Å². The highest BCUT2D eigenvalue weighted by Gasteiger charge is 2.08. The molecule has 110 valence electrons. The molecule has 0 aliphatic heterocycles. The highest BCUT2D eigenvalue weighted by molar-refractivity contribution is 5.94. The molecule has 0 saturated carbocycles. The van der Waals surface area contributed by atoms with Crippen molar-refractivity contribution < 1.29 is 19.7 Å². The highest BCUT2D eigenvalue weighted by Crippen LogP contribution is 2.24. The molecule has 0 atom stereocenters.